The van der Waals surface area contributed by atoms with E-state index in [-0.39, 0.29) is 30.9 Å². The predicted molar refractivity (Wildman–Crippen MR) is 70.3 cm³/mol. The minimum Gasteiger partial charge on any atom is -0.484 e. The summed E-state index contributed by atoms with van der Waals surface area (Å²) >= 11 is 0. The molecule has 2 N–H and O–H groups in total. The molecule has 0 spiro atoms. The van der Waals surface area contributed by atoms with Crippen LogP contribution in [0.1, 0.15) is 32.3 Å². The summed E-state index contributed by atoms with van der Waals surface area (Å²) in [4.78, 5) is 11.6. The number of carbonyl (C=O) groups excluding carboxylic acids is 1. The summed E-state index contributed by atoms with van der Waals surface area (Å²) in [5.74, 6) is -0.501. The van der Waals surface area contributed by atoms with Crippen LogP contribution >= 0.6 is 0 Å². The highest BCUT2D eigenvalue weighted by Crippen LogP contribution is 2.16. The van der Waals surface area contributed by atoms with Crippen molar-refractivity contribution >= 4 is 5.91 Å². The van der Waals surface area contributed by atoms with Gasteiger partial charge in [-0.3, -0.25) is 4.79 Å². The average molecular weight is 269 g/mol. The zero-order chi connectivity index (χ0) is 14.3. The number of halogens is 1. The van der Waals surface area contributed by atoms with Crippen LogP contribution in [-0.2, 0) is 11.4 Å². The van der Waals surface area contributed by atoms with Crippen LogP contribution in [0.15, 0.2) is 18.2 Å². The van der Waals surface area contributed by atoms with Crippen molar-refractivity contribution in [2.24, 2.45) is 0 Å². The maximum atomic E-state index is 13.2. The Hall–Kier alpha value is -1.62. The van der Waals surface area contributed by atoms with Crippen molar-refractivity contribution in [2.75, 3.05) is 6.61 Å². The number of rotatable bonds is 7. The molecule has 0 radical (unpaired) electrons. The van der Waals surface area contributed by atoms with Crippen molar-refractivity contribution in [3.8, 4) is 5.75 Å². The first kappa shape index (κ1) is 15.4. The van der Waals surface area contributed by atoms with E-state index in [1.807, 2.05) is 13.8 Å². The predicted octanol–water partition coefficient (Wildman–Crippen LogP) is 2.00. The second-order valence-corrected chi connectivity index (χ2v) is 4.50. The van der Waals surface area contributed by atoms with Crippen LogP contribution in [0.5, 0.6) is 5.75 Å². The lowest BCUT2D eigenvalue weighted by Crippen LogP contribution is -2.35. The number of nitrogens with one attached hydrogen (secondary N) is 1. The minimum absolute atomic E-state index is 0.0987. The Morgan fingerprint density at radius 3 is 2.84 bits per heavy atom. The third-order valence-corrected chi connectivity index (χ3v) is 2.61. The number of aliphatic hydroxyl groups is 1. The molecule has 1 unspecified atom stereocenters. The molecule has 1 aromatic rings. The van der Waals surface area contributed by atoms with Crippen LogP contribution in [0.25, 0.3) is 0 Å². The van der Waals surface area contributed by atoms with Gasteiger partial charge in [0.25, 0.3) is 5.91 Å². The van der Waals surface area contributed by atoms with E-state index in [1.54, 1.807) is 0 Å². The molecule has 1 rings (SSSR count). The summed E-state index contributed by atoms with van der Waals surface area (Å²) in [6.07, 6.45) is 1.90. The van der Waals surface area contributed by atoms with Gasteiger partial charge in [0.05, 0.1) is 6.61 Å². The van der Waals surface area contributed by atoms with Gasteiger partial charge in [0.1, 0.15) is 11.6 Å². The molecule has 0 aromatic heterocycles. The summed E-state index contributed by atoms with van der Waals surface area (Å²) in [6, 6.07) is 4.01. The van der Waals surface area contributed by atoms with E-state index in [0.29, 0.717) is 5.56 Å². The zero-order valence-electron chi connectivity index (χ0n) is 11.3. The van der Waals surface area contributed by atoms with Crippen LogP contribution in [-0.4, -0.2) is 23.7 Å². The first-order valence-corrected chi connectivity index (χ1v) is 6.37. The normalized spacial score (nSPS) is 12.0. The van der Waals surface area contributed by atoms with Crippen molar-refractivity contribution in [1.29, 1.82) is 0 Å². The van der Waals surface area contributed by atoms with Gasteiger partial charge in [-0.05, 0) is 31.0 Å². The van der Waals surface area contributed by atoms with Gasteiger partial charge in [0.2, 0.25) is 0 Å². The second kappa shape index (κ2) is 7.74. The van der Waals surface area contributed by atoms with Crippen molar-refractivity contribution in [3.05, 3.63) is 29.6 Å². The fourth-order valence-corrected chi connectivity index (χ4v) is 1.77. The number of amides is 1. The highest BCUT2D eigenvalue weighted by molar-refractivity contribution is 5.77. The molecule has 0 heterocycles. The summed E-state index contributed by atoms with van der Waals surface area (Å²) in [5.41, 5.74) is 0.412. The number of ether oxygens (including phenoxy) is 1. The van der Waals surface area contributed by atoms with Crippen LogP contribution in [0, 0.1) is 5.82 Å². The van der Waals surface area contributed by atoms with E-state index in [0.717, 1.165) is 12.8 Å². The standard InChI is InChI=1S/C14H20FNO3/c1-3-4-10(2)16-14(18)9-19-13-6-11(8-17)5-12(15)7-13/h5-7,10,17H,3-4,8-9H2,1-2H3,(H,16,18). The first-order chi connectivity index (χ1) is 9.05. The third-order valence-electron chi connectivity index (χ3n) is 2.61. The van der Waals surface area contributed by atoms with E-state index >= 15 is 0 Å². The van der Waals surface area contributed by atoms with Crippen molar-refractivity contribution in [2.45, 2.75) is 39.3 Å². The topological polar surface area (TPSA) is 58.6 Å². The molecule has 0 fully saturated rings. The second-order valence-electron chi connectivity index (χ2n) is 4.50. The number of benzene rings is 1. The Morgan fingerprint density at radius 1 is 1.47 bits per heavy atom. The largest absolute Gasteiger partial charge is 0.484 e. The molecule has 0 saturated carbocycles. The highest BCUT2D eigenvalue weighted by Gasteiger charge is 2.08. The maximum absolute atomic E-state index is 13.2. The van der Waals surface area contributed by atoms with Crippen LogP contribution in [0.4, 0.5) is 4.39 Å². The Kier molecular flexibility index (Phi) is 6.29. The first-order valence-electron chi connectivity index (χ1n) is 6.37. The van der Waals surface area contributed by atoms with Gasteiger partial charge >= 0.3 is 0 Å². The minimum atomic E-state index is -0.499. The maximum Gasteiger partial charge on any atom is 0.258 e. The molecule has 106 valence electrons. The smallest absolute Gasteiger partial charge is 0.258 e. The van der Waals surface area contributed by atoms with E-state index in [9.17, 15) is 9.18 Å². The molecule has 0 aliphatic carbocycles. The lowest BCUT2D eigenvalue weighted by atomic mass is 10.2. The van der Waals surface area contributed by atoms with E-state index < -0.39 is 5.82 Å². The Labute approximate surface area is 112 Å². The molecule has 0 saturated heterocycles. The summed E-state index contributed by atoms with van der Waals surface area (Å²) in [7, 11) is 0. The number of carbonyl (C=O) groups is 1. The molecule has 4 nitrogen and oxygen atoms in total. The fraction of sp³-hybridized carbons (Fsp3) is 0.500. The molecular weight excluding hydrogens is 249 g/mol. The van der Waals surface area contributed by atoms with Crippen molar-refractivity contribution in [1.82, 2.24) is 5.32 Å². The van der Waals surface area contributed by atoms with Crippen LogP contribution < -0.4 is 10.1 Å². The molecule has 5 heteroatoms. The van der Waals surface area contributed by atoms with Crippen molar-refractivity contribution in [3.63, 3.8) is 0 Å². The SMILES string of the molecule is CCCC(C)NC(=O)COc1cc(F)cc(CO)c1. The molecule has 19 heavy (non-hydrogen) atoms. The zero-order valence-corrected chi connectivity index (χ0v) is 11.3. The Morgan fingerprint density at radius 2 is 2.21 bits per heavy atom. The van der Waals surface area contributed by atoms with E-state index in [2.05, 4.69) is 5.32 Å². The van der Waals surface area contributed by atoms with Gasteiger partial charge in [0.15, 0.2) is 6.61 Å². The molecule has 1 amide bonds. The van der Waals surface area contributed by atoms with Gasteiger partial charge in [-0.2, -0.15) is 0 Å². The molecule has 0 aliphatic heterocycles. The molecule has 0 aliphatic rings. The third kappa shape index (κ3) is 5.70. The quantitative estimate of drug-likeness (QED) is 0.796. The van der Waals surface area contributed by atoms with Gasteiger partial charge in [-0.1, -0.05) is 13.3 Å². The number of hydrogen-bond donors (Lipinski definition) is 2. The van der Waals surface area contributed by atoms with E-state index in [1.165, 1.54) is 18.2 Å². The van der Waals surface area contributed by atoms with Crippen molar-refractivity contribution < 1.29 is 19.0 Å². The highest BCUT2D eigenvalue weighted by atomic mass is 19.1. The molecular formula is C14H20FNO3. The summed E-state index contributed by atoms with van der Waals surface area (Å²) in [5, 5.41) is 11.7. The lowest BCUT2D eigenvalue weighted by Gasteiger charge is -2.13. The molecule has 1 atom stereocenters. The van der Waals surface area contributed by atoms with Gasteiger partial charge in [0, 0.05) is 12.1 Å². The lowest BCUT2D eigenvalue weighted by molar-refractivity contribution is -0.123. The molecule has 1 aromatic carbocycles. The number of hydrogen-bond acceptors (Lipinski definition) is 3. The fourth-order valence-electron chi connectivity index (χ4n) is 1.77. The van der Waals surface area contributed by atoms with Gasteiger partial charge in [-0.15, -0.1) is 0 Å². The monoisotopic (exact) mass is 269 g/mol. The van der Waals surface area contributed by atoms with E-state index in [4.69, 9.17) is 9.84 Å². The van der Waals surface area contributed by atoms with Crippen LogP contribution in [0.3, 0.4) is 0 Å². The molecule has 0 bridgehead atoms. The summed E-state index contributed by atoms with van der Waals surface area (Å²) < 4.78 is 18.4. The Bertz CT molecular complexity index is 423. The summed E-state index contributed by atoms with van der Waals surface area (Å²) in [6.45, 7) is 3.53. The van der Waals surface area contributed by atoms with Gasteiger partial charge in [-0.25, -0.2) is 4.39 Å². The average Bonchev–Trinajstić information content (AvgIpc) is 2.36. The number of aliphatic hydroxyl groups excluding tert-OH is 1. The Balaban J connectivity index is 2.48. The van der Waals surface area contributed by atoms with Gasteiger partial charge < -0.3 is 15.2 Å². The van der Waals surface area contributed by atoms with Crippen LogP contribution in [0.2, 0.25) is 0 Å².